The summed E-state index contributed by atoms with van der Waals surface area (Å²) in [5.74, 6) is 0. The third kappa shape index (κ3) is 2.84. The number of aliphatic hydroxyl groups excluding tert-OH is 1. The first-order valence-electron chi connectivity index (χ1n) is 5.14. The zero-order valence-electron chi connectivity index (χ0n) is 10.2. The molecule has 0 heterocycles. The van der Waals surface area contributed by atoms with E-state index in [1.807, 2.05) is 0 Å². The summed E-state index contributed by atoms with van der Waals surface area (Å²) in [6.07, 6.45) is 0. The molecule has 0 spiro atoms. The van der Waals surface area contributed by atoms with E-state index in [0.717, 1.165) is 4.31 Å². The minimum Gasteiger partial charge on any atom is -0.394 e. The molecule has 0 bridgehead atoms. The fourth-order valence-corrected chi connectivity index (χ4v) is 2.21. The van der Waals surface area contributed by atoms with Crippen LogP contribution >= 0.6 is 0 Å². The molecule has 1 aromatic rings. The quantitative estimate of drug-likeness (QED) is 0.802. The van der Waals surface area contributed by atoms with Gasteiger partial charge in [0, 0.05) is 14.1 Å². The van der Waals surface area contributed by atoms with Gasteiger partial charge in [0.05, 0.1) is 17.0 Å². The standard InChI is InChI=1S/C11H18N2O3S/c1-11(12,8-14)9-4-6-10(7-5-9)17(15,16)13(2)3/h4-7,14H,8,12H2,1-3H3. The predicted octanol–water partition coefficient (Wildman–Crippen LogP) is 0.103. The lowest BCUT2D eigenvalue weighted by molar-refractivity contribution is 0.210. The molecule has 0 aliphatic rings. The van der Waals surface area contributed by atoms with Crippen molar-refractivity contribution in [2.45, 2.75) is 17.4 Å². The van der Waals surface area contributed by atoms with E-state index < -0.39 is 15.6 Å². The summed E-state index contributed by atoms with van der Waals surface area (Å²) >= 11 is 0. The third-order valence-corrected chi connectivity index (χ3v) is 4.45. The Hall–Kier alpha value is -0.950. The van der Waals surface area contributed by atoms with E-state index in [4.69, 9.17) is 10.8 Å². The molecule has 1 aromatic carbocycles. The van der Waals surface area contributed by atoms with Gasteiger partial charge in [-0.2, -0.15) is 0 Å². The van der Waals surface area contributed by atoms with Crippen molar-refractivity contribution >= 4 is 10.0 Å². The van der Waals surface area contributed by atoms with Gasteiger partial charge in [0.25, 0.3) is 0 Å². The van der Waals surface area contributed by atoms with Crippen LogP contribution < -0.4 is 5.73 Å². The molecule has 0 fully saturated rings. The number of nitrogens with two attached hydrogens (primary N) is 1. The average Bonchev–Trinajstić information content (AvgIpc) is 2.29. The van der Waals surface area contributed by atoms with Crippen LogP contribution in [0.3, 0.4) is 0 Å². The van der Waals surface area contributed by atoms with Crippen molar-refractivity contribution in [1.29, 1.82) is 0 Å². The van der Waals surface area contributed by atoms with E-state index in [9.17, 15) is 8.42 Å². The Labute approximate surface area is 102 Å². The zero-order chi connectivity index (χ0) is 13.3. The molecule has 0 aliphatic heterocycles. The van der Waals surface area contributed by atoms with Gasteiger partial charge in [-0.15, -0.1) is 0 Å². The molecule has 0 saturated carbocycles. The highest BCUT2D eigenvalue weighted by Crippen LogP contribution is 2.20. The second-order valence-electron chi connectivity index (χ2n) is 4.39. The third-order valence-electron chi connectivity index (χ3n) is 2.62. The summed E-state index contributed by atoms with van der Waals surface area (Å²) < 4.78 is 24.8. The van der Waals surface area contributed by atoms with Crippen LogP contribution in [0.4, 0.5) is 0 Å². The van der Waals surface area contributed by atoms with Crippen molar-refractivity contribution in [3.05, 3.63) is 29.8 Å². The summed E-state index contributed by atoms with van der Waals surface area (Å²) in [5.41, 5.74) is 5.68. The summed E-state index contributed by atoms with van der Waals surface area (Å²) in [6.45, 7) is 1.48. The highest BCUT2D eigenvalue weighted by molar-refractivity contribution is 7.89. The van der Waals surface area contributed by atoms with Crippen LogP contribution in [0.15, 0.2) is 29.2 Å². The lowest BCUT2D eigenvalue weighted by Gasteiger charge is -2.22. The molecule has 0 aliphatic carbocycles. The van der Waals surface area contributed by atoms with Crippen molar-refractivity contribution in [3.8, 4) is 0 Å². The van der Waals surface area contributed by atoms with Crippen LogP contribution in [0.2, 0.25) is 0 Å². The zero-order valence-corrected chi connectivity index (χ0v) is 11.0. The number of sulfonamides is 1. The lowest BCUT2D eigenvalue weighted by Crippen LogP contribution is -2.36. The van der Waals surface area contributed by atoms with E-state index in [-0.39, 0.29) is 11.5 Å². The fourth-order valence-electron chi connectivity index (χ4n) is 1.31. The van der Waals surface area contributed by atoms with E-state index in [1.54, 1.807) is 19.1 Å². The van der Waals surface area contributed by atoms with Crippen LogP contribution in [0.5, 0.6) is 0 Å². The summed E-state index contributed by atoms with van der Waals surface area (Å²) in [4.78, 5) is 0.208. The summed E-state index contributed by atoms with van der Waals surface area (Å²) in [5, 5.41) is 9.11. The topological polar surface area (TPSA) is 83.6 Å². The Kier molecular flexibility index (Phi) is 3.93. The maximum absolute atomic E-state index is 11.8. The van der Waals surface area contributed by atoms with Gasteiger partial charge in [0.15, 0.2) is 0 Å². The summed E-state index contributed by atoms with van der Waals surface area (Å²) in [7, 11) is -0.463. The normalized spacial score (nSPS) is 15.9. The van der Waals surface area contributed by atoms with Gasteiger partial charge in [0.2, 0.25) is 10.0 Å². The summed E-state index contributed by atoms with van der Waals surface area (Å²) in [6, 6.07) is 6.22. The van der Waals surface area contributed by atoms with Crippen molar-refractivity contribution < 1.29 is 13.5 Å². The van der Waals surface area contributed by atoms with Crippen molar-refractivity contribution in [3.63, 3.8) is 0 Å². The SMILES string of the molecule is CN(C)S(=O)(=O)c1ccc(C(C)(N)CO)cc1. The molecule has 0 aromatic heterocycles. The molecule has 1 atom stereocenters. The molecule has 5 nitrogen and oxygen atoms in total. The molecule has 0 amide bonds. The second-order valence-corrected chi connectivity index (χ2v) is 6.54. The maximum Gasteiger partial charge on any atom is 0.242 e. The predicted molar refractivity (Wildman–Crippen MR) is 65.9 cm³/mol. The smallest absolute Gasteiger partial charge is 0.242 e. The number of hydrogen-bond acceptors (Lipinski definition) is 4. The monoisotopic (exact) mass is 258 g/mol. The van der Waals surface area contributed by atoms with Crippen LogP contribution in [-0.2, 0) is 15.6 Å². The van der Waals surface area contributed by atoms with E-state index >= 15 is 0 Å². The Morgan fingerprint density at radius 1 is 1.29 bits per heavy atom. The van der Waals surface area contributed by atoms with Crippen LogP contribution in [0.1, 0.15) is 12.5 Å². The Bertz CT molecular complexity index is 478. The molecule has 1 rings (SSSR count). The van der Waals surface area contributed by atoms with Gasteiger partial charge in [-0.05, 0) is 24.6 Å². The van der Waals surface area contributed by atoms with Crippen molar-refractivity contribution in [1.82, 2.24) is 4.31 Å². The average molecular weight is 258 g/mol. The van der Waals surface area contributed by atoms with Gasteiger partial charge in [-0.1, -0.05) is 12.1 Å². The van der Waals surface area contributed by atoms with E-state index in [0.29, 0.717) is 5.56 Å². The number of benzene rings is 1. The largest absolute Gasteiger partial charge is 0.394 e. The minimum atomic E-state index is -3.42. The Balaban J connectivity index is 3.14. The maximum atomic E-state index is 11.8. The molecule has 96 valence electrons. The van der Waals surface area contributed by atoms with Crippen LogP contribution in [0.25, 0.3) is 0 Å². The Morgan fingerprint density at radius 3 is 2.12 bits per heavy atom. The van der Waals surface area contributed by atoms with E-state index in [1.165, 1.54) is 26.2 Å². The van der Waals surface area contributed by atoms with Crippen LogP contribution in [0, 0.1) is 0 Å². The van der Waals surface area contributed by atoms with E-state index in [2.05, 4.69) is 0 Å². The van der Waals surface area contributed by atoms with Crippen LogP contribution in [-0.4, -0.2) is 38.5 Å². The highest BCUT2D eigenvalue weighted by atomic mass is 32.2. The number of aliphatic hydroxyl groups is 1. The number of hydrogen-bond donors (Lipinski definition) is 2. The molecular weight excluding hydrogens is 240 g/mol. The molecule has 6 heteroatoms. The molecule has 17 heavy (non-hydrogen) atoms. The van der Waals surface area contributed by atoms with Gasteiger partial charge in [-0.3, -0.25) is 0 Å². The Morgan fingerprint density at radius 2 is 1.76 bits per heavy atom. The molecular formula is C11H18N2O3S. The van der Waals surface area contributed by atoms with Gasteiger partial charge in [0.1, 0.15) is 0 Å². The first-order chi connectivity index (χ1) is 7.71. The number of rotatable bonds is 4. The van der Waals surface area contributed by atoms with Crippen molar-refractivity contribution in [2.24, 2.45) is 5.73 Å². The fraction of sp³-hybridized carbons (Fsp3) is 0.455. The lowest BCUT2D eigenvalue weighted by atomic mass is 9.94. The highest BCUT2D eigenvalue weighted by Gasteiger charge is 2.22. The first-order valence-corrected chi connectivity index (χ1v) is 6.58. The molecule has 1 unspecified atom stereocenters. The second kappa shape index (κ2) is 4.73. The van der Waals surface area contributed by atoms with Gasteiger partial charge < -0.3 is 10.8 Å². The minimum absolute atomic E-state index is 0.202. The number of nitrogens with zero attached hydrogens (tertiary/aromatic N) is 1. The molecule has 0 saturated heterocycles. The first kappa shape index (κ1) is 14.1. The van der Waals surface area contributed by atoms with Gasteiger partial charge in [-0.25, -0.2) is 12.7 Å². The van der Waals surface area contributed by atoms with Gasteiger partial charge >= 0.3 is 0 Å². The molecule has 3 N–H and O–H groups in total. The van der Waals surface area contributed by atoms with Crippen molar-refractivity contribution in [2.75, 3.05) is 20.7 Å². The molecule has 0 radical (unpaired) electrons.